The zero-order valence-electron chi connectivity index (χ0n) is 7.96. The Bertz CT molecular complexity index is 157. The number of nitrogens with two attached hydrogens (primary N) is 2. The van der Waals surface area contributed by atoms with Crippen LogP contribution < -0.4 is 11.5 Å². The van der Waals surface area contributed by atoms with E-state index in [1.54, 1.807) is 11.8 Å². The van der Waals surface area contributed by atoms with Crippen LogP contribution >= 0.6 is 11.8 Å². The van der Waals surface area contributed by atoms with E-state index in [0.29, 0.717) is 5.25 Å². The summed E-state index contributed by atoms with van der Waals surface area (Å²) in [6.45, 7) is 6.06. The number of carbonyl (C=O) groups is 1. The van der Waals surface area contributed by atoms with Gasteiger partial charge in [-0.3, -0.25) is 4.79 Å². The normalized spacial score (nSPS) is 16.1. The van der Waals surface area contributed by atoms with Crippen molar-refractivity contribution < 1.29 is 4.79 Å². The first kappa shape index (κ1) is 11.8. The summed E-state index contributed by atoms with van der Waals surface area (Å²) in [6.07, 6.45) is 0.257. The number of rotatable bonds is 5. The summed E-state index contributed by atoms with van der Waals surface area (Å²) in [4.78, 5) is 10.6. The molecule has 0 aliphatic rings. The minimum absolute atomic E-state index is 0.257. The Balaban J connectivity index is 3.78. The zero-order valence-corrected chi connectivity index (χ0v) is 8.78. The summed E-state index contributed by atoms with van der Waals surface area (Å²) in [7, 11) is 0. The van der Waals surface area contributed by atoms with Crippen LogP contribution in [0.15, 0.2) is 0 Å². The molecule has 0 aliphatic heterocycles. The SMILES string of the molecule is CC(C)SCC(C)(N)CC(N)=O. The van der Waals surface area contributed by atoms with Crippen molar-refractivity contribution in [2.24, 2.45) is 11.5 Å². The van der Waals surface area contributed by atoms with E-state index >= 15 is 0 Å². The van der Waals surface area contributed by atoms with Gasteiger partial charge in [-0.05, 0) is 12.2 Å². The number of carbonyl (C=O) groups excluding carboxylic acids is 1. The van der Waals surface area contributed by atoms with Gasteiger partial charge in [0.25, 0.3) is 0 Å². The van der Waals surface area contributed by atoms with Crippen molar-refractivity contribution in [1.29, 1.82) is 0 Å². The number of primary amides is 1. The first-order chi connectivity index (χ1) is 5.33. The van der Waals surface area contributed by atoms with Gasteiger partial charge in [-0.25, -0.2) is 0 Å². The molecule has 1 unspecified atom stereocenters. The Labute approximate surface area is 78.3 Å². The third-order valence-electron chi connectivity index (χ3n) is 1.32. The van der Waals surface area contributed by atoms with Crippen molar-refractivity contribution in [3.05, 3.63) is 0 Å². The molecule has 0 aliphatic carbocycles. The third kappa shape index (κ3) is 6.49. The van der Waals surface area contributed by atoms with E-state index in [4.69, 9.17) is 11.5 Å². The molecule has 0 aromatic rings. The summed E-state index contributed by atoms with van der Waals surface area (Å²) in [5.41, 5.74) is 10.4. The zero-order chi connectivity index (χ0) is 9.78. The van der Waals surface area contributed by atoms with Crippen LogP contribution in [0.1, 0.15) is 27.2 Å². The van der Waals surface area contributed by atoms with E-state index in [1.165, 1.54) is 0 Å². The van der Waals surface area contributed by atoms with Crippen molar-refractivity contribution in [3.63, 3.8) is 0 Å². The maximum Gasteiger partial charge on any atom is 0.219 e. The predicted molar refractivity (Wildman–Crippen MR) is 54.0 cm³/mol. The number of hydrogen-bond donors (Lipinski definition) is 2. The van der Waals surface area contributed by atoms with Gasteiger partial charge >= 0.3 is 0 Å². The number of thioether (sulfide) groups is 1. The lowest BCUT2D eigenvalue weighted by molar-refractivity contribution is -0.118. The van der Waals surface area contributed by atoms with Crippen LogP contribution in [-0.4, -0.2) is 22.4 Å². The monoisotopic (exact) mass is 190 g/mol. The van der Waals surface area contributed by atoms with Gasteiger partial charge in [-0.15, -0.1) is 0 Å². The van der Waals surface area contributed by atoms with E-state index in [9.17, 15) is 4.79 Å². The lowest BCUT2D eigenvalue weighted by Crippen LogP contribution is -2.43. The number of hydrogen-bond acceptors (Lipinski definition) is 3. The van der Waals surface area contributed by atoms with Crippen LogP contribution in [0.2, 0.25) is 0 Å². The van der Waals surface area contributed by atoms with Crippen molar-refractivity contribution in [3.8, 4) is 0 Å². The van der Waals surface area contributed by atoms with Crippen molar-refractivity contribution in [1.82, 2.24) is 0 Å². The van der Waals surface area contributed by atoms with Crippen LogP contribution in [0.4, 0.5) is 0 Å². The van der Waals surface area contributed by atoms with Crippen LogP contribution in [0, 0.1) is 0 Å². The van der Waals surface area contributed by atoms with E-state index in [2.05, 4.69) is 13.8 Å². The fraction of sp³-hybridized carbons (Fsp3) is 0.875. The van der Waals surface area contributed by atoms with Gasteiger partial charge in [0.15, 0.2) is 0 Å². The molecule has 72 valence electrons. The second-order valence-electron chi connectivity index (χ2n) is 3.66. The van der Waals surface area contributed by atoms with E-state index in [-0.39, 0.29) is 12.3 Å². The van der Waals surface area contributed by atoms with Gasteiger partial charge in [-0.1, -0.05) is 13.8 Å². The second kappa shape index (κ2) is 4.72. The largest absolute Gasteiger partial charge is 0.370 e. The maximum absolute atomic E-state index is 10.6. The predicted octanol–water partition coefficient (Wildman–Crippen LogP) is 0.721. The molecule has 12 heavy (non-hydrogen) atoms. The first-order valence-corrected chi connectivity index (χ1v) is 5.07. The summed E-state index contributed by atoms with van der Waals surface area (Å²) in [5.74, 6) is 0.442. The van der Waals surface area contributed by atoms with E-state index in [1.807, 2.05) is 6.92 Å². The van der Waals surface area contributed by atoms with Gasteiger partial charge in [0, 0.05) is 17.7 Å². The summed E-state index contributed by atoms with van der Waals surface area (Å²) in [6, 6.07) is 0. The van der Waals surface area contributed by atoms with E-state index in [0.717, 1.165) is 5.75 Å². The van der Waals surface area contributed by atoms with Crippen LogP contribution in [-0.2, 0) is 4.79 Å². The topological polar surface area (TPSA) is 69.1 Å². The Morgan fingerprint density at radius 2 is 2.08 bits per heavy atom. The maximum atomic E-state index is 10.6. The Morgan fingerprint density at radius 3 is 2.42 bits per heavy atom. The molecule has 0 rings (SSSR count). The minimum atomic E-state index is -0.458. The fourth-order valence-electron chi connectivity index (χ4n) is 0.806. The highest BCUT2D eigenvalue weighted by atomic mass is 32.2. The Hall–Kier alpha value is -0.220. The molecule has 0 heterocycles. The van der Waals surface area contributed by atoms with Crippen LogP contribution in [0.3, 0.4) is 0 Å². The van der Waals surface area contributed by atoms with Crippen molar-refractivity contribution in [2.45, 2.75) is 38.0 Å². The summed E-state index contributed by atoms with van der Waals surface area (Å²) in [5, 5.41) is 0.542. The highest BCUT2D eigenvalue weighted by molar-refractivity contribution is 7.99. The van der Waals surface area contributed by atoms with E-state index < -0.39 is 5.54 Å². The molecule has 1 atom stereocenters. The highest BCUT2D eigenvalue weighted by Gasteiger charge is 2.21. The van der Waals surface area contributed by atoms with Gasteiger partial charge in [0.2, 0.25) is 5.91 Å². The fourth-order valence-corrected chi connectivity index (χ4v) is 1.62. The average Bonchev–Trinajstić information content (AvgIpc) is 1.81. The van der Waals surface area contributed by atoms with Crippen LogP contribution in [0.25, 0.3) is 0 Å². The molecule has 0 saturated heterocycles. The molecule has 0 aromatic carbocycles. The lowest BCUT2D eigenvalue weighted by Gasteiger charge is -2.23. The second-order valence-corrected chi connectivity index (χ2v) is 5.22. The van der Waals surface area contributed by atoms with Gasteiger partial charge in [-0.2, -0.15) is 11.8 Å². The highest BCUT2D eigenvalue weighted by Crippen LogP contribution is 2.17. The lowest BCUT2D eigenvalue weighted by atomic mass is 10.0. The molecule has 4 N–H and O–H groups in total. The summed E-state index contributed by atoms with van der Waals surface area (Å²) < 4.78 is 0. The smallest absolute Gasteiger partial charge is 0.219 e. The molecular weight excluding hydrogens is 172 g/mol. The van der Waals surface area contributed by atoms with Crippen molar-refractivity contribution in [2.75, 3.05) is 5.75 Å². The minimum Gasteiger partial charge on any atom is -0.370 e. The molecule has 0 saturated carbocycles. The Morgan fingerprint density at radius 1 is 1.58 bits per heavy atom. The molecule has 3 nitrogen and oxygen atoms in total. The first-order valence-electron chi connectivity index (χ1n) is 4.02. The third-order valence-corrected chi connectivity index (χ3v) is 2.82. The van der Waals surface area contributed by atoms with Gasteiger partial charge < -0.3 is 11.5 Å². The molecule has 0 aromatic heterocycles. The summed E-state index contributed by atoms with van der Waals surface area (Å²) >= 11 is 1.75. The quantitative estimate of drug-likeness (QED) is 0.671. The Kier molecular flexibility index (Phi) is 4.63. The molecular formula is C8H18N2OS. The molecule has 4 heteroatoms. The van der Waals surface area contributed by atoms with Gasteiger partial charge in [0.05, 0.1) is 0 Å². The van der Waals surface area contributed by atoms with Gasteiger partial charge in [0.1, 0.15) is 0 Å². The number of amides is 1. The molecule has 0 bridgehead atoms. The molecule has 0 spiro atoms. The molecule has 0 radical (unpaired) electrons. The van der Waals surface area contributed by atoms with Crippen molar-refractivity contribution >= 4 is 17.7 Å². The molecule has 0 fully saturated rings. The van der Waals surface area contributed by atoms with Crippen LogP contribution in [0.5, 0.6) is 0 Å². The standard InChI is InChI=1S/C8H18N2OS/c1-6(2)12-5-8(3,10)4-7(9)11/h6H,4-5,10H2,1-3H3,(H2,9,11). The molecule has 1 amide bonds. The average molecular weight is 190 g/mol.